The minimum atomic E-state index is -0.0131. The number of hydrogen-bond acceptors (Lipinski definition) is 3. The molecule has 0 N–H and O–H groups in total. The van der Waals surface area contributed by atoms with E-state index in [1.54, 1.807) is 0 Å². The minimum Gasteiger partial charge on any atom is -0.209 e. The summed E-state index contributed by atoms with van der Waals surface area (Å²) in [5, 5.41) is 0. The van der Waals surface area contributed by atoms with Gasteiger partial charge in [0.25, 0.3) is 0 Å². The number of hydrogen-bond donors (Lipinski definition) is 0. The Labute approximate surface area is 266 Å². The van der Waals surface area contributed by atoms with Crippen molar-refractivity contribution in [2.24, 2.45) is 0 Å². The molecule has 0 bridgehead atoms. The monoisotopic (exact) mass is 583 g/mol. The lowest BCUT2D eigenvalue weighted by molar-refractivity contribution is 0.660. The van der Waals surface area contributed by atoms with Gasteiger partial charge in [-0.2, -0.15) is 0 Å². The Bertz CT molecular complexity index is 2030. The standard InChI is InChI=1S/C42H37N3/c1-42(2)37-22-10-9-21-35(37)36-24-23-33(27-38(36)42)31-18-11-17-30(25-31)32-19-12-20-34(26-32)41-44-39(28-13-5-3-6-14-28)43-40(45-41)29-15-7-4-8-16-29/h3,5,7,9-11,13,15-18,20-27H,4,6,8,12,14,19H2,1-2H3. The van der Waals surface area contributed by atoms with Crippen LogP contribution in [0.1, 0.15) is 86.5 Å². The third-order valence-electron chi connectivity index (χ3n) is 9.71. The van der Waals surface area contributed by atoms with E-state index in [9.17, 15) is 0 Å². The highest BCUT2D eigenvalue weighted by molar-refractivity contribution is 5.87. The van der Waals surface area contributed by atoms with Crippen molar-refractivity contribution in [3.05, 3.63) is 150 Å². The maximum Gasteiger partial charge on any atom is 0.163 e. The molecule has 1 heterocycles. The van der Waals surface area contributed by atoms with Crippen LogP contribution in [0.3, 0.4) is 0 Å². The van der Waals surface area contributed by atoms with Gasteiger partial charge in [0.1, 0.15) is 0 Å². The molecule has 4 aromatic rings. The first-order valence-electron chi connectivity index (χ1n) is 16.3. The lowest BCUT2D eigenvalue weighted by atomic mass is 9.81. The molecule has 0 spiro atoms. The summed E-state index contributed by atoms with van der Waals surface area (Å²) < 4.78 is 0. The number of fused-ring (bicyclic) bond motifs is 3. The van der Waals surface area contributed by atoms with Crippen LogP contribution in [0.5, 0.6) is 0 Å². The molecule has 1 aromatic heterocycles. The summed E-state index contributed by atoms with van der Waals surface area (Å²) in [6, 6.07) is 24.9. The van der Waals surface area contributed by atoms with Crippen molar-refractivity contribution in [2.75, 3.05) is 0 Å². The molecule has 3 aromatic carbocycles. The predicted molar refractivity (Wildman–Crippen MR) is 187 cm³/mol. The molecule has 3 heteroatoms. The molecule has 45 heavy (non-hydrogen) atoms. The fourth-order valence-electron chi connectivity index (χ4n) is 7.21. The van der Waals surface area contributed by atoms with Gasteiger partial charge in [-0.3, -0.25) is 0 Å². The van der Waals surface area contributed by atoms with Crippen LogP contribution in [-0.2, 0) is 5.41 Å². The van der Waals surface area contributed by atoms with Crippen LogP contribution in [0, 0.1) is 0 Å². The molecule has 4 aliphatic carbocycles. The third kappa shape index (κ3) is 5.07. The van der Waals surface area contributed by atoms with E-state index in [-0.39, 0.29) is 5.41 Å². The van der Waals surface area contributed by atoms with Crippen molar-refractivity contribution >= 4 is 22.3 Å². The van der Waals surface area contributed by atoms with E-state index < -0.39 is 0 Å². The number of benzene rings is 3. The van der Waals surface area contributed by atoms with Crippen LogP contribution in [-0.4, -0.2) is 15.0 Å². The number of rotatable bonds is 5. The predicted octanol–water partition coefficient (Wildman–Crippen LogP) is 10.6. The normalized spacial score (nSPS) is 18.0. The second-order valence-electron chi connectivity index (χ2n) is 13.0. The van der Waals surface area contributed by atoms with Gasteiger partial charge in [-0.15, -0.1) is 0 Å². The molecule has 0 atom stereocenters. The molecule has 0 radical (unpaired) electrons. The summed E-state index contributed by atoms with van der Waals surface area (Å²) in [6.07, 6.45) is 23.7. The molecule has 220 valence electrons. The Morgan fingerprint density at radius 1 is 0.578 bits per heavy atom. The summed E-state index contributed by atoms with van der Waals surface area (Å²) in [5.41, 5.74) is 14.0. The molecule has 4 aliphatic rings. The van der Waals surface area contributed by atoms with Crippen molar-refractivity contribution in [3.63, 3.8) is 0 Å². The Hall–Kier alpha value is -4.89. The van der Waals surface area contributed by atoms with E-state index in [1.807, 2.05) is 0 Å². The first-order chi connectivity index (χ1) is 22.0. The second-order valence-corrected chi connectivity index (χ2v) is 13.0. The van der Waals surface area contributed by atoms with Crippen LogP contribution in [0.25, 0.3) is 44.5 Å². The third-order valence-corrected chi connectivity index (χ3v) is 9.71. The molecular weight excluding hydrogens is 546 g/mol. The molecule has 0 aliphatic heterocycles. The van der Waals surface area contributed by atoms with E-state index in [2.05, 4.69) is 129 Å². The lowest BCUT2D eigenvalue weighted by Gasteiger charge is -2.22. The molecule has 8 rings (SSSR count). The fraction of sp³-hybridized carbons (Fsp3) is 0.214. The minimum absolute atomic E-state index is 0.0131. The lowest BCUT2D eigenvalue weighted by Crippen LogP contribution is -2.14. The highest BCUT2D eigenvalue weighted by Crippen LogP contribution is 2.49. The highest BCUT2D eigenvalue weighted by Gasteiger charge is 2.35. The molecule has 0 amide bonds. The molecule has 0 saturated heterocycles. The summed E-state index contributed by atoms with van der Waals surface area (Å²) in [5.74, 6) is 2.33. The van der Waals surface area contributed by atoms with Gasteiger partial charge in [0.2, 0.25) is 0 Å². The first-order valence-corrected chi connectivity index (χ1v) is 16.3. The van der Waals surface area contributed by atoms with Crippen molar-refractivity contribution in [1.82, 2.24) is 15.0 Å². The summed E-state index contributed by atoms with van der Waals surface area (Å²) in [7, 11) is 0. The average Bonchev–Trinajstić information content (AvgIpc) is 3.34. The van der Waals surface area contributed by atoms with Gasteiger partial charge in [-0.05, 0) is 107 Å². The highest BCUT2D eigenvalue weighted by atomic mass is 15.0. The van der Waals surface area contributed by atoms with Crippen molar-refractivity contribution < 1.29 is 0 Å². The van der Waals surface area contributed by atoms with E-state index >= 15 is 0 Å². The molecule has 0 fully saturated rings. The van der Waals surface area contributed by atoms with Gasteiger partial charge in [0, 0.05) is 16.6 Å². The van der Waals surface area contributed by atoms with Gasteiger partial charge in [0.15, 0.2) is 17.5 Å². The zero-order chi connectivity index (χ0) is 30.4. The largest absolute Gasteiger partial charge is 0.209 e. The quantitative estimate of drug-likeness (QED) is 0.235. The van der Waals surface area contributed by atoms with Gasteiger partial charge in [0.05, 0.1) is 0 Å². The van der Waals surface area contributed by atoms with Crippen molar-refractivity contribution in [3.8, 4) is 22.3 Å². The SMILES string of the molecule is CC1(C)c2ccccc2-c2ccc(-c3cccc(C4=CC(c5nc(C6=CCCC=C6)nc(C6=CC=CCC6)n5)=CCC4)c3)cc21. The Kier molecular flexibility index (Phi) is 6.90. The number of nitrogens with zero attached hydrogens (tertiary/aromatic N) is 3. The van der Waals surface area contributed by atoms with Crippen LogP contribution in [0.2, 0.25) is 0 Å². The van der Waals surface area contributed by atoms with Gasteiger partial charge in [-0.25, -0.2) is 15.0 Å². The zero-order valence-corrected chi connectivity index (χ0v) is 26.1. The maximum atomic E-state index is 5.04. The summed E-state index contributed by atoms with van der Waals surface area (Å²) >= 11 is 0. The Balaban J connectivity index is 1.15. The molecule has 3 nitrogen and oxygen atoms in total. The van der Waals surface area contributed by atoms with E-state index in [4.69, 9.17) is 15.0 Å². The molecule has 0 saturated carbocycles. The van der Waals surface area contributed by atoms with E-state index in [1.165, 1.54) is 50.1 Å². The van der Waals surface area contributed by atoms with Crippen molar-refractivity contribution in [1.29, 1.82) is 0 Å². The second kappa shape index (κ2) is 11.2. The van der Waals surface area contributed by atoms with Crippen LogP contribution in [0.4, 0.5) is 0 Å². The summed E-state index contributed by atoms with van der Waals surface area (Å²) in [4.78, 5) is 15.0. The Morgan fingerprint density at radius 3 is 2.18 bits per heavy atom. The topological polar surface area (TPSA) is 38.7 Å². The van der Waals surface area contributed by atoms with Gasteiger partial charge < -0.3 is 0 Å². The summed E-state index contributed by atoms with van der Waals surface area (Å²) in [6.45, 7) is 4.69. The van der Waals surface area contributed by atoms with Gasteiger partial charge >= 0.3 is 0 Å². The van der Waals surface area contributed by atoms with Crippen molar-refractivity contribution in [2.45, 2.75) is 57.8 Å². The average molecular weight is 584 g/mol. The Morgan fingerprint density at radius 2 is 1.33 bits per heavy atom. The first kappa shape index (κ1) is 27.6. The van der Waals surface area contributed by atoms with Crippen LogP contribution >= 0.6 is 0 Å². The van der Waals surface area contributed by atoms with Crippen LogP contribution < -0.4 is 0 Å². The van der Waals surface area contributed by atoms with Gasteiger partial charge in [-0.1, -0.05) is 111 Å². The molecule has 0 unspecified atom stereocenters. The zero-order valence-electron chi connectivity index (χ0n) is 26.1. The van der Waals surface area contributed by atoms with E-state index in [0.717, 1.165) is 67.1 Å². The smallest absolute Gasteiger partial charge is 0.163 e. The van der Waals surface area contributed by atoms with Crippen LogP contribution in [0.15, 0.2) is 115 Å². The van der Waals surface area contributed by atoms with E-state index in [0.29, 0.717) is 0 Å². The fourth-order valence-corrected chi connectivity index (χ4v) is 7.21. The molecular formula is C42H37N3. The maximum absolute atomic E-state index is 5.04. The number of aromatic nitrogens is 3. The number of allylic oxidation sites excluding steroid dienone is 12.